The Morgan fingerprint density at radius 2 is 1.61 bits per heavy atom. The lowest BCUT2D eigenvalue weighted by Gasteiger charge is -2.54. The van der Waals surface area contributed by atoms with Gasteiger partial charge in [-0.15, -0.1) is 0 Å². The molecule has 2 aliphatic rings. The van der Waals surface area contributed by atoms with Crippen LogP contribution in [-0.2, 0) is 16.1 Å². The smallest absolute Gasteiger partial charge is 0.410 e. The van der Waals surface area contributed by atoms with Gasteiger partial charge in [0, 0.05) is 37.0 Å². The molecule has 2 amide bonds. The normalized spacial score (nSPS) is 23.5. The molecule has 7 nitrogen and oxygen atoms in total. The standard InChI is InChI=1S/C21H30N2O5/c1-19(2,3)28-18(26)23-13-21(14-23)12-22(11-20(21,4)15-24)17(25)27-10-16-8-6-5-7-9-16/h5-9,24H,10-15H2,1-4H3/t20-/m0/s1. The number of nitrogens with zero attached hydrogens (tertiary/aromatic N) is 2. The predicted molar refractivity (Wildman–Crippen MR) is 104 cm³/mol. The first-order chi connectivity index (χ1) is 13.1. The van der Waals surface area contributed by atoms with Crippen LogP contribution in [0.5, 0.6) is 0 Å². The molecule has 0 radical (unpaired) electrons. The molecule has 3 rings (SSSR count). The van der Waals surface area contributed by atoms with E-state index in [0.29, 0.717) is 26.2 Å². The monoisotopic (exact) mass is 390 g/mol. The van der Waals surface area contributed by atoms with Crippen molar-refractivity contribution >= 4 is 12.2 Å². The number of rotatable bonds is 3. The molecule has 2 aliphatic heterocycles. The number of benzene rings is 1. The fourth-order valence-corrected chi connectivity index (χ4v) is 3.98. The average molecular weight is 390 g/mol. The number of aliphatic hydroxyl groups excluding tert-OH is 1. The molecule has 28 heavy (non-hydrogen) atoms. The minimum Gasteiger partial charge on any atom is -0.445 e. The fourth-order valence-electron chi connectivity index (χ4n) is 3.98. The van der Waals surface area contributed by atoms with Crippen LogP contribution in [0.15, 0.2) is 30.3 Å². The summed E-state index contributed by atoms with van der Waals surface area (Å²) in [5.74, 6) is 0. The van der Waals surface area contributed by atoms with Crippen molar-refractivity contribution in [3.8, 4) is 0 Å². The van der Waals surface area contributed by atoms with E-state index in [-0.39, 0.29) is 24.7 Å². The number of carbonyl (C=O) groups excluding carboxylic acids is 2. The Labute approximate surface area is 166 Å². The van der Waals surface area contributed by atoms with Gasteiger partial charge in [-0.2, -0.15) is 0 Å². The minimum atomic E-state index is -0.553. The van der Waals surface area contributed by atoms with Crippen LogP contribution in [0, 0.1) is 10.8 Å². The lowest BCUT2D eigenvalue weighted by atomic mass is 9.62. The van der Waals surface area contributed by atoms with E-state index in [1.165, 1.54) is 0 Å². The van der Waals surface area contributed by atoms with Crippen LogP contribution in [0.1, 0.15) is 33.3 Å². The van der Waals surface area contributed by atoms with E-state index in [4.69, 9.17) is 9.47 Å². The Morgan fingerprint density at radius 3 is 2.14 bits per heavy atom. The second-order valence-corrected chi connectivity index (χ2v) is 9.23. The molecule has 1 N–H and O–H groups in total. The van der Waals surface area contributed by atoms with Crippen LogP contribution in [0.4, 0.5) is 9.59 Å². The van der Waals surface area contributed by atoms with Gasteiger partial charge in [0.05, 0.1) is 6.61 Å². The van der Waals surface area contributed by atoms with Crippen LogP contribution in [0.3, 0.4) is 0 Å². The van der Waals surface area contributed by atoms with Crippen molar-refractivity contribution in [2.24, 2.45) is 10.8 Å². The summed E-state index contributed by atoms with van der Waals surface area (Å²) in [5, 5.41) is 10.0. The molecule has 0 bridgehead atoms. The van der Waals surface area contributed by atoms with E-state index in [1.54, 1.807) is 9.80 Å². The predicted octanol–water partition coefficient (Wildman–Crippen LogP) is 2.87. The summed E-state index contributed by atoms with van der Waals surface area (Å²) in [6, 6.07) is 9.52. The Balaban J connectivity index is 1.61. The Kier molecular flexibility index (Phi) is 5.32. The largest absolute Gasteiger partial charge is 0.445 e. The number of aliphatic hydroxyl groups is 1. The number of amides is 2. The van der Waals surface area contributed by atoms with Crippen LogP contribution >= 0.6 is 0 Å². The SMILES string of the molecule is CC(C)(C)OC(=O)N1CC2(CN(C(=O)OCc3ccccc3)C[C@@]2(C)CO)C1. The molecule has 0 saturated carbocycles. The van der Waals surface area contributed by atoms with Gasteiger partial charge in [-0.05, 0) is 26.3 Å². The third kappa shape index (κ3) is 3.94. The molecule has 0 unspecified atom stereocenters. The lowest BCUT2D eigenvalue weighted by Crippen LogP contribution is -2.66. The highest BCUT2D eigenvalue weighted by molar-refractivity contribution is 5.71. The topological polar surface area (TPSA) is 79.3 Å². The third-order valence-corrected chi connectivity index (χ3v) is 5.76. The van der Waals surface area contributed by atoms with Gasteiger partial charge < -0.3 is 24.4 Å². The molecule has 2 saturated heterocycles. The van der Waals surface area contributed by atoms with Crippen LogP contribution in [0.25, 0.3) is 0 Å². The maximum absolute atomic E-state index is 12.6. The van der Waals surface area contributed by atoms with Crippen molar-refractivity contribution < 1.29 is 24.2 Å². The van der Waals surface area contributed by atoms with E-state index in [0.717, 1.165) is 5.56 Å². The van der Waals surface area contributed by atoms with Crippen molar-refractivity contribution in [2.45, 2.75) is 39.9 Å². The van der Waals surface area contributed by atoms with Crippen LogP contribution in [0.2, 0.25) is 0 Å². The van der Waals surface area contributed by atoms with Gasteiger partial charge in [0.2, 0.25) is 0 Å². The first-order valence-electron chi connectivity index (χ1n) is 9.62. The molecule has 1 spiro atoms. The van der Waals surface area contributed by atoms with Crippen LogP contribution < -0.4 is 0 Å². The Bertz CT molecular complexity index is 724. The fraction of sp³-hybridized carbons (Fsp3) is 0.619. The zero-order valence-corrected chi connectivity index (χ0v) is 17.1. The van der Waals surface area contributed by atoms with Gasteiger partial charge >= 0.3 is 12.2 Å². The molecular formula is C21H30N2O5. The van der Waals surface area contributed by atoms with Gasteiger partial charge in [-0.3, -0.25) is 0 Å². The highest BCUT2D eigenvalue weighted by atomic mass is 16.6. The van der Waals surface area contributed by atoms with E-state index >= 15 is 0 Å². The average Bonchev–Trinajstić information content (AvgIpc) is 2.92. The summed E-state index contributed by atoms with van der Waals surface area (Å²) < 4.78 is 10.9. The first-order valence-corrected chi connectivity index (χ1v) is 9.62. The quantitative estimate of drug-likeness (QED) is 0.859. The van der Waals surface area contributed by atoms with Gasteiger partial charge in [-0.25, -0.2) is 9.59 Å². The molecular weight excluding hydrogens is 360 g/mol. The highest BCUT2D eigenvalue weighted by Crippen LogP contribution is 2.52. The molecule has 7 heteroatoms. The molecule has 2 heterocycles. The van der Waals surface area contributed by atoms with Crippen molar-refractivity contribution in [2.75, 3.05) is 32.8 Å². The Morgan fingerprint density at radius 1 is 1.04 bits per heavy atom. The maximum Gasteiger partial charge on any atom is 0.410 e. The van der Waals surface area contributed by atoms with E-state index < -0.39 is 17.1 Å². The van der Waals surface area contributed by atoms with Crippen molar-refractivity contribution in [1.29, 1.82) is 0 Å². The summed E-state index contributed by atoms with van der Waals surface area (Å²) in [6.45, 7) is 9.39. The van der Waals surface area contributed by atoms with Gasteiger partial charge in [0.15, 0.2) is 0 Å². The van der Waals surface area contributed by atoms with Crippen molar-refractivity contribution in [3.05, 3.63) is 35.9 Å². The van der Waals surface area contributed by atoms with Crippen LogP contribution in [-0.4, -0.2) is 65.5 Å². The number of hydrogen-bond donors (Lipinski definition) is 1. The van der Waals surface area contributed by atoms with Gasteiger partial charge in [-0.1, -0.05) is 37.3 Å². The summed E-state index contributed by atoms with van der Waals surface area (Å²) >= 11 is 0. The minimum absolute atomic E-state index is 0.0579. The molecule has 1 aromatic carbocycles. The number of hydrogen-bond acceptors (Lipinski definition) is 5. The van der Waals surface area contributed by atoms with E-state index in [2.05, 4.69) is 0 Å². The molecule has 0 aliphatic carbocycles. The number of ether oxygens (including phenoxy) is 2. The third-order valence-electron chi connectivity index (χ3n) is 5.76. The zero-order valence-electron chi connectivity index (χ0n) is 17.1. The number of carbonyl (C=O) groups is 2. The zero-order chi connectivity index (χ0) is 20.6. The van der Waals surface area contributed by atoms with E-state index in [1.807, 2.05) is 58.0 Å². The second kappa shape index (κ2) is 7.28. The van der Waals surface area contributed by atoms with Crippen molar-refractivity contribution in [1.82, 2.24) is 9.80 Å². The molecule has 1 atom stereocenters. The van der Waals surface area contributed by atoms with Gasteiger partial charge in [0.1, 0.15) is 12.2 Å². The van der Waals surface area contributed by atoms with Gasteiger partial charge in [0.25, 0.3) is 0 Å². The molecule has 2 fully saturated rings. The molecule has 1 aromatic rings. The lowest BCUT2D eigenvalue weighted by molar-refractivity contribution is -0.0858. The summed E-state index contributed by atoms with van der Waals surface area (Å²) in [5.41, 5.74) is -0.459. The summed E-state index contributed by atoms with van der Waals surface area (Å²) in [7, 11) is 0. The Hall–Kier alpha value is -2.28. The second-order valence-electron chi connectivity index (χ2n) is 9.23. The molecule has 154 valence electrons. The highest BCUT2D eigenvalue weighted by Gasteiger charge is 2.63. The van der Waals surface area contributed by atoms with E-state index in [9.17, 15) is 14.7 Å². The summed E-state index contributed by atoms with van der Waals surface area (Å²) in [4.78, 5) is 28.1. The summed E-state index contributed by atoms with van der Waals surface area (Å²) in [6.07, 6.45) is -0.750. The van der Waals surface area contributed by atoms with Crippen molar-refractivity contribution in [3.63, 3.8) is 0 Å². The number of likely N-dealkylation sites (tertiary alicyclic amines) is 2. The molecule has 0 aromatic heterocycles. The first kappa shape index (κ1) is 20.5. The maximum atomic E-state index is 12.6.